The summed E-state index contributed by atoms with van der Waals surface area (Å²) in [7, 11) is 0. The van der Waals surface area contributed by atoms with Crippen LogP contribution in [0.1, 0.15) is 32.6 Å². The number of rotatable bonds is 0. The highest BCUT2D eigenvalue weighted by atomic mass is 16.1. The lowest BCUT2D eigenvalue weighted by molar-refractivity contribution is -0.123. The van der Waals surface area contributed by atoms with Gasteiger partial charge < -0.3 is 0 Å². The van der Waals surface area contributed by atoms with Gasteiger partial charge in [-0.15, -0.1) is 0 Å². The third kappa shape index (κ3) is 2.03. The number of allylic oxidation sites excluding steroid dienone is 1. The van der Waals surface area contributed by atoms with E-state index in [2.05, 4.69) is 6.58 Å². The van der Waals surface area contributed by atoms with Crippen LogP contribution in [0.25, 0.3) is 0 Å². The normalized spacial score (nSPS) is 26.8. The molecule has 0 spiro atoms. The number of hydrogen-bond donors (Lipinski definition) is 0. The fourth-order valence-electron chi connectivity index (χ4n) is 1.44. The maximum atomic E-state index is 11.3. The average Bonchev–Trinajstić information content (AvgIpc) is 2.02. The zero-order chi connectivity index (χ0) is 9.14. The van der Waals surface area contributed by atoms with Gasteiger partial charge in [-0.05, 0) is 18.4 Å². The van der Waals surface area contributed by atoms with Crippen molar-refractivity contribution in [2.24, 2.45) is 5.92 Å². The van der Waals surface area contributed by atoms with Gasteiger partial charge >= 0.3 is 0 Å². The SMILES string of the molecule is C=C1CC(C)C(=O)CCCC1=O. The van der Waals surface area contributed by atoms with Gasteiger partial charge in [0.25, 0.3) is 0 Å². The molecule has 0 radical (unpaired) electrons. The van der Waals surface area contributed by atoms with Crippen LogP contribution < -0.4 is 0 Å². The third-order valence-corrected chi connectivity index (χ3v) is 2.32. The molecule has 12 heavy (non-hydrogen) atoms. The number of Topliss-reactive ketones (excluding diaryl/α,β-unsaturated/α-hetero) is 2. The van der Waals surface area contributed by atoms with E-state index in [0.29, 0.717) is 31.3 Å². The van der Waals surface area contributed by atoms with Gasteiger partial charge in [-0.3, -0.25) is 9.59 Å². The molecule has 0 aliphatic heterocycles. The van der Waals surface area contributed by atoms with Crippen LogP contribution in [-0.4, -0.2) is 11.6 Å². The Balaban J connectivity index is 2.66. The zero-order valence-electron chi connectivity index (χ0n) is 7.43. The second-order valence-electron chi connectivity index (χ2n) is 3.45. The summed E-state index contributed by atoms with van der Waals surface area (Å²) in [6.07, 6.45) is 2.30. The van der Waals surface area contributed by atoms with Gasteiger partial charge in [0.2, 0.25) is 0 Å². The first-order chi connectivity index (χ1) is 5.61. The smallest absolute Gasteiger partial charge is 0.158 e. The first-order valence-corrected chi connectivity index (χ1v) is 4.35. The van der Waals surface area contributed by atoms with Crippen LogP contribution in [0.3, 0.4) is 0 Å². The molecule has 1 aliphatic rings. The van der Waals surface area contributed by atoms with Gasteiger partial charge in [0, 0.05) is 18.8 Å². The summed E-state index contributed by atoms with van der Waals surface area (Å²) in [5.41, 5.74) is 0.621. The van der Waals surface area contributed by atoms with Crippen LogP contribution in [0, 0.1) is 5.92 Å². The maximum Gasteiger partial charge on any atom is 0.158 e. The minimum absolute atomic E-state index is 0.0123. The van der Waals surface area contributed by atoms with Crippen molar-refractivity contribution in [2.45, 2.75) is 32.6 Å². The van der Waals surface area contributed by atoms with Crippen molar-refractivity contribution in [1.29, 1.82) is 0 Å². The van der Waals surface area contributed by atoms with Crippen LogP contribution in [-0.2, 0) is 9.59 Å². The van der Waals surface area contributed by atoms with E-state index in [-0.39, 0.29) is 17.5 Å². The van der Waals surface area contributed by atoms with Crippen molar-refractivity contribution in [3.05, 3.63) is 12.2 Å². The molecule has 0 N–H and O–H groups in total. The molecule has 0 amide bonds. The summed E-state index contributed by atoms with van der Waals surface area (Å²) in [6.45, 7) is 5.55. The first-order valence-electron chi connectivity index (χ1n) is 4.35. The molecule has 0 aromatic rings. The molecule has 1 saturated carbocycles. The lowest BCUT2D eigenvalue weighted by atomic mass is 9.88. The molecule has 1 aliphatic carbocycles. The molecule has 66 valence electrons. The van der Waals surface area contributed by atoms with Crippen molar-refractivity contribution in [3.63, 3.8) is 0 Å². The van der Waals surface area contributed by atoms with Crippen LogP contribution in [0.2, 0.25) is 0 Å². The predicted molar refractivity (Wildman–Crippen MR) is 46.8 cm³/mol. The topological polar surface area (TPSA) is 34.1 Å². The highest BCUT2D eigenvalue weighted by Gasteiger charge is 2.20. The second-order valence-corrected chi connectivity index (χ2v) is 3.45. The highest BCUT2D eigenvalue weighted by molar-refractivity contribution is 5.96. The van der Waals surface area contributed by atoms with E-state index >= 15 is 0 Å². The van der Waals surface area contributed by atoms with Gasteiger partial charge in [-0.25, -0.2) is 0 Å². The van der Waals surface area contributed by atoms with Crippen LogP contribution in [0.5, 0.6) is 0 Å². The third-order valence-electron chi connectivity index (χ3n) is 2.32. The minimum atomic E-state index is -0.0123. The molecule has 0 bridgehead atoms. The van der Waals surface area contributed by atoms with Gasteiger partial charge in [0.1, 0.15) is 5.78 Å². The summed E-state index contributed by atoms with van der Waals surface area (Å²) in [5.74, 6) is 0.389. The number of carbonyl (C=O) groups excluding carboxylic acids is 2. The molecule has 0 saturated heterocycles. The van der Waals surface area contributed by atoms with E-state index in [9.17, 15) is 9.59 Å². The minimum Gasteiger partial charge on any atom is -0.299 e. The number of ketones is 2. The molecular formula is C10H14O2. The maximum absolute atomic E-state index is 11.3. The quantitative estimate of drug-likeness (QED) is 0.515. The van der Waals surface area contributed by atoms with Gasteiger partial charge in [-0.2, -0.15) is 0 Å². The van der Waals surface area contributed by atoms with Gasteiger partial charge in [0.15, 0.2) is 5.78 Å². The lowest BCUT2D eigenvalue weighted by Gasteiger charge is -2.14. The molecule has 1 rings (SSSR count). The van der Waals surface area contributed by atoms with Crippen LogP contribution in [0.4, 0.5) is 0 Å². The summed E-state index contributed by atoms with van der Waals surface area (Å²) >= 11 is 0. The fourth-order valence-corrected chi connectivity index (χ4v) is 1.44. The van der Waals surface area contributed by atoms with Crippen molar-refractivity contribution >= 4 is 11.6 Å². The molecule has 1 atom stereocenters. The Kier molecular flexibility index (Phi) is 2.79. The van der Waals surface area contributed by atoms with Crippen molar-refractivity contribution < 1.29 is 9.59 Å². The predicted octanol–water partition coefficient (Wildman–Crippen LogP) is 1.89. The van der Waals surface area contributed by atoms with Crippen molar-refractivity contribution in [2.75, 3.05) is 0 Å². The standard InChI is InChI=1S/C10H14O2/c1-7-6-8(2)10(12)5-3-4-9(7)11/h8H,1,3-6H2,2H3. The second kappa shape index (κ2) is 3.65. The first kappa shape index (κ1) is 9.17. The molecule has 0 aromatic heterocycles. The Bertz CT molecular complexity index is 228. The average molecular weight is 166 g/mol. The van der Waals surface area contributed by atoms with E-state index < -0.39 is 0 Å². The molecule has 0 heterocycles. The number of carbonyl (C=O) groups is 2. The summed E-state index contributed by atoms with van der Waals surface area (Å²) in [5, 5.41) is 0. The molecule has 2 heteroatoms. The monoisotopic (exact) mass is 166 g/mol. The van der Waals surface area contributed by atoms with Crippen molar-refractivity contribution in [3.8, 4) is 0 Å². The largest absolute Gasteiger partial charge is 0.299 e. The van der Waals surface area contributed by atoms with E-state index in [1.165, 1.54) is 0 Å². The molecule has 2 nitrogen and oxygen atoms in total. The van der Waals surface area contributed by atoms with E-state index in [1.807, 2.05) is 6.92 Å². The Morgan fingerprint density at radius 2 is 2.00 bits per heavy atom. The summed E-state index contributed by atoms with van der Waals surface area (Å²) in [4.78, 5) is 22.5. The Hall–Kier alpha value is -0.920. The highest BCUT2D eigenvalue weighted by Crippen LogP contribution is 2.19. The van der Waals surface area contributed by atoms with Crippen molar-refractivity contribution in [1.82, 2.24) is 0 Å². The molecule has 1 unspecified atom stereocenters. The molecular weight excluding hydrogens is 152 g/mol. The zero-order valence-corrected chi connectivity index (χ0v) is 7.43. The number of hydrogen-bond acceptors (Lipinski definition) is 2. The summed E-state index contributed by atoms with van der Waals surface area (Å²) in [6, 6.07) is 0. The Morgan fingerprint density at radius 3 is 2.67 bits per heavy atom. The van der Waals surface area contributed by atoms with Gasteiger partial charge in [0.05, 0.1) is 0 Å². The van der Waals surface area contributed by atoms with E-state index in [4.69, 9.17) is 0 Å². The van der Waals surface area contributed by atoms with Gasteiger partial charge in [-0.1, -0.05) is 13.5 Å². The van der Waals surface area contributed by atoms with Crippen LogP contribution >= 0.6 is 0 Å². The van der Waals surface area contributed by atoms with E-state index in [0.717, 1.165) is 0 Å². The Labute approximate surface area is 72.7 Å². The lowest BCUT2D eigenvalue weighted by Crippen LogP contribution is -2.17. The fraction of sp³-hybridized carbons (Fsp3) is 0.600. The Morgan fingerprint density at radius 1 is 1.33 bits per heavy atom. The van der Waals surface area contributed by atoms with E-state index in [1.54, 1.807) is 0 Å². The molecule has 1 fully saturated rings. The van der Waals surface area contributed by atoms with Crippen LogP contribution in [0.15, 0.2) is 12.2 Å². The molecule has 0 aromatic carbocycles. The summed E-state index contributed by atoms with van der Waals surface area (Å²) < 4.78 is 0.